The van der Waals surface area contributed by atoms with Gasteiger partial charge in [-0.3, -0.25) is 0 Å². The lowest BCUT2D eigenvalue weighted by Gasteiger charge is -2.34. The van der Waals surface area contributed by atoms with Crippen molar-refractivity contribution in [2.24, 2.45) is 0 Å². The van der Waals surface area contributed by atoms with Crippen LogP contribution in [0.1, 0.15) is 54.2 Å². The molecule has 0 aliphatic heterocycles. The second kappa shape index (κ2) is 14.6. The van der Waals surface area contributed by atoms with E-state index < -0.39 is 5.41 Å². The molecule has 2 nitrogen and oxygen atoms in total. The summed E-state index contributed by atoms with van der Waals surface area (Å²) in [7, 11) is 0. The average molecular weight is 798 g/mol. The Balaban J connectivity index is 1.04. The number of fused-ring (bicyclic) bond motifs is 6. The van der Waals surface area contributed by atoms with Crippen LogP contribution in [0.4, 0.5) is 17.1 Å². The summed E-state index contributed by atoms with van der Waals surface area (Å²) in [5, 5.41) is 2.27. The van der Waals surface area contributed by atoms with Crippen molar-refractivity contribution >= 4 is 39.0 Å². The van der Waals surface area contributed by atoms with Gasteiger partial charge in [0.05, 0.1) is 5.41 Å². The van der Waals surface area contributed by atoms with Gasteiger partial charge in [-0.05, 0) is 116 Å². The van der Waals surface area contributed by atoms with Crippen LogP contribution >= 0.6 is 0 Å². The molecule has 62 heavy (non-hydrogen) atoms. The lowest BCUT2D eigenvalue weighted by Crippen LogP contribution is -2.28. The van der Waals surface area contributed by atoms with Crippen molar-refractivity contribution in [3.8, 4) is 33.4 Å². The van der Waals surface area contributed by atoms with Gasteiger partial charge in [0.25, 0.3) is 0 Å². The van der Waals surface area contributed by atoms with Crippen LogP contribution in [0.15, 0.2) is 217 Å². The van der Waals surface area contributed by atoms with Gasteiger partial charge in [-0.25, -0.2) is 0 Å². The first-order valence-electron chi connectivity index (χ1n) is 21.7. The van der Waals surface area contributed by atoms with Crippen LogP contribution in [0, 0.1) is 6.92 Å². The zero-order chi connectivity index (χ0) is 42.0. The smallest absolute Gasteiger partial charge is 0.143 e. The molecule has 0 bridgehead atoms. The first-order valence-corrected chi connectivity index (χ1v) is 21.7. The second-order valence-electron chi connectivity index (χ2n) is 17.7. The Kier molecular flexibility index (Phi) is 8.87. The molecule has 1 aromatic heterocycles. The Morgan fingerprint density at radius 3 is 1.63 bits per heavy atom. The first-order chi connectivity index (χ1) is 30.3. The summed E-state index contributed by atoms with van der Waals surface area (Å²) in [4.78, 5) is 2.41. The molecule has 9 aromatic carbocycles. The van der Waals surface area contributed by atoms with Gasteiger partial charge in [0.15, 0.2) is 0 Å². The predicted octanol–water partition coefficient (Wildman–Crippen LogP) is 16.4. The number of hydrogen-bond acceptors (Lipinski definition) is 2. The molecule has 0 unspecified atom stereocenters. The van der Waals surface area contributed by atoms with Crippen molar-refractivity contribution in [3.63, 3.8) is 0 Å². The Bertz CT molecular complexity index is 3210. The Morgan fingerprint density at radius 1 is 0.435 bits per heavy atom. The molecule has 0 atom stereocenters. The van der Waals surface area contributed by atoms with E-state index in [2.05, 4.69) is 233 Å². The standard InChI is InChI=1S/C60H47NO/c1-40-39-43(41-25-30-44(31-26-41)59(2,3)4)29-38-56(40)61(47-34-27-42(28-35-47)49-20-14-21-53-52-19-10-13-24-57(52)62-58(49)53)48-36-32-46(33-37-48)60(45-15-6-5-7-16-45)54-22-11-8-17-50(54)51-18-9-12-23-55(51)60/h5-39H,1-4H3. The first kappa shape index (κ1) is 37.6. The minimum absolute atomic E-state index is 0.105. The van der Waals surface area contributed by atoms with Crippen LogP contribution in [0.5, 0.6) is 0 Å². The number of benzene rings is 9. The van der Waals surface area contributed by atoms with Gasteiger partial charge in [-0.2, -0.15) is 0 Å². The molecule has 1 heterocycles. The van der Waals surface area contributed by atoms with Crippen LogP contribution in [-0.2, 0) is 10.8 Å². The lowest BCUT2D eigenvalue weighted by molar-refractivity contribution is 0.590. The van der Waals surface area contributed by atoms with E-state index >= 15 is 0 Å². The zero-order valence-corrected chi connectivity index (χ0v) is 35.6. The molecule has 10 aromatic rings. The minimum Gasteiger partial charge on any atom is -0.455 e. The van der Waals surface area contributed by atoms with Crippen molar-refractivity contribution in [1.29, 1.82) is 0 Å². The van der Waals surface area contributed by atoms with Crippen molar-refractivity contribution in [2.75, 3.05) is 4.90 Å². The Morgan fingerprint density at radius 2 is 0.968 bits per heavy atom. The largest absolute Gasteiger partial charge is 0.455 e. The fourth-order valence-electron chi connectivity index (χ4n) is 10.0. The van der Waals surface area contributed by atoms with E-state index in [1.807, 2.05) is 12.1 Å². The Labute approximate surface area is 364 Å². The van der Waals surface area contributed by atoms with E-state index in [9.17, 15) is 0 Å². The molecule has 0 spiro atoms. The van der Waals surface area contributed by atoms with Gasteiger partial charge >= 0.3 is 0 Å². The lowest BCUT2D eigenvalue weighted by atomic mass is 9.68. The summed E-state index contributed by atoms with van der Waals surface area (Å²) in [5.41, 5.74) is 19.6. The fourth-order valence-corrected chi connectivity index (χ4v) is 10.0. The van der Waals surface area contributed by atoms with E-state index in [4.69, 9.17) is 4.42 Å². The average Bonchev–Trinajstić information content (AvgIpc) is 3.85. The maximum atomic E-state index is 6.47. The van der Waals surface area contributed by atoms with Crippen molar-refractivity contribution in [3.05, 3.63) is 246 Å². The predicted molar refractivity (Wildman–Crippen MR) is 260 cm³/mol. The molecule has 0 fully saturated rings. The van der Waals surface area contributed by atoms with Gasteiger partial charge in [-0.15, -0.1) is 0 Å². The van der Waals surface area contributed by atoms with E-state index in [1.165, 1.54) is 55.6 Å². The number of anilines is 3. The van der Waals surface area contributed by atoms with Crippen molar-refractivity contribution in [2.45, 2.75) is 38.5 Å². The van der Waals surface area contributed by atoms with Crippen molar-refractivity contribution < 1.29 is 4.42 Å². The summed E-state index contributed by atoms with van der Waals surface area (Å²) in [6, 6.07) is 77.9. The van der Waals surface area contributed by atoms with Gasteiger partial charge in [0.1, 0.15) is 11.2 Å². The number of hydrogen-bond donors (Lipinski definition) is 0. The van der Waals surface area contributed by atoms with Gasteiger partial charge in [0.2, 0.25) is 0 Å². The number of aryl methyl sites for hydroxylation is 1. The molecule has 2 heteroatoms. The number of para-hydroxylation sites is 2. The highest BCUT2D eigenvalue weighted by atomic mass is 16.3. The van der Waals surface area contributed by atoms with Crippen LogP contribution in [0.25, 0.3) is 55.3 Å². The van der Waals surface area contributed by atoms with Gasteiger partial charge in [-0.1, -0.05) is 191 Å². The second-order valence-corrected chi connectivity index (χ2v) is 17.7. The summed E-state index contributed by atoms with van der Waals surface area (Å²) in [6.07, 6.45) is 0. The normalized spacial score (nSPS) is 13.0. The number of furan rings is 1. The third kappa shape index (κ3) is 6.01. The molecule has 11 rings (SSSR count). The molecule has 1 aliphatic carbocycles. The molecule has 0 saturated carbocycles. The molecule has 298 valence electrons. The monoisotopic (exact) mass is 797 g/mol. The molecular weight excluding hydrogens is 751 g/mol. The summed E-state index contributed by atoms with van der Waals surface area (Å²) >= 11 is 0. The number of rotatable bonds is 7. The minimum atomic E-state index is -0.461. The maximum absolute atomic E-state index is 6.47. The molecule has 0 N–H and O–H groups in total. The van der Waals surface area contributed by atoms with E-state index in [0.29, 0.717) is 0 Å². The summed E-state index contributed by atoms with van der Waals surface area (Å²) < 4.78 is 6.47. The van der Waals surface area contributed by atoms with E-state index in [0.717, 1.165) is 50.1 Å². The van der Waals surface area contributed by atoms with Gasteiger partial charge < -0.3 is 9.32 Å². The highest BCUT2D eigenvalue weighted by Crippen LogP contribution is 2.56. The maximum Gasteiger partial charge on any atom is 0.143 e. The summed E-state index contributed by atoms with van der Waals surface area (Å²) in [5.74, 6) is 0. The van der Waals surface area contributed by atoms with Crippen LogP contribution < -0.4 is 4.90 Å². The van der Waals surface area contributed by atoms with Crippen LogP contribution in [0.3, 0.4) is 0 Å². The molecule has 0 amide bonds. The fraction of sp³-hybridized carbons (Fsp3) is 0.100. The topological polar surface area (TPSA) is 16.4 Å². The van der Waals surface area contributed by atoms with Gasteiger partial charge in [0, 0.05) is 33.4 Å². The zero-order valence-electron chi connectivity index (χ0n) is 35.6. The third-order valence-electron chi connectivity index (χ3n) is 13.1. The van der Waals surface area contributed by atoms with Crippen LogP contribution in [0.2, 0.25) is 0 Å². The van der Waals surface area contributed by atoms with Crippen molar-refractivity contribution in [1.82, 2.24) is 0 Å². The highest BCUT2D eigenvalue weighted by molar-refractivity contribution is 6.09. The summed E-state index contributed by atoms with van der Waals surface area (Å²) in [6.45, 7) is 9.03. The molecule has 1 aliphatic rings. The van der Waals surface area contributed by atoms with Crippen LogP contribution in [-0.4, -0.2) is 0 Å². The van der Waals surface area contributed by atoms with E-state index in [-0.39, 0.29) is 5.41 Å². The van der Waals surface area contributed by atoms with E-state index in [1.54, 1.807) is 0 Å². The SMILES string of the molecule is Cc1cc(-c2ccc(C(C)(C)C)cc2)ccc1N(c1ccc(-c2cccc3c2oc2ccccc23)cc1)c1ccc(C2(c3ccccc3)c3ccccc3-c3ccccc32)cc1. The number of nitrogens with zero attached hydrogens (tertiary/aromatic N) is 1. The molecule has 0 saturated heterocycles. The molecular formula is C60H47NO. The highest BCUT2D eigenvalue weighted by Gasteiger charge is 2.45. The Hall–Kier alpha value is -7.42. The quantitative estimate of drug-likeness (QED) is 0.160. The molecule has 0 radical (unpaired) electrons. The third-order valence-corrected chi connectivity index (χ3v) is 13.1.